The van der Waals surface area contributed by atoms with E-state index in [9.17, 15) is 19.2 Å². The Morgan fingerprint density at radius 3 is 2.38 bits per heavy atom. The van der Waals surface area contributed by atoms with Gasteiger partial charge in [0, 0.05) is 31.6 Å². The van der Waals surface area contributed by atoms with Gasteiger partial charge in [-0.05, 0) is 42.2 Å². The third kappa shape index (κ3) is 3.32. The summed E-state index contributed by atoms with van der Waals surface area (Å²) in [5, 5.41) is 9.16. The fraction of sp³-hybridized carbons (Fsp3) is 0.333. The second-order valence-corrected chi connectivity index (χ2v) is 8.53. The zero-order valence-electron chi connectivity index (χ0n) is 17.4. The molecule has 0 aliphatic carbocycles. The summed E-state index contributed by atoms with van der Waals surface area (Å²) in [5.41, 5.74) is 2.88. The number of carbonyl (C=O) groups excluding carboxylic acids is 3. The Labute approximate surface area is 185 Å². The summed E-state index contributed by atoms with van der Waals surface area (Å²) in [6.45, 7) is 1.13. The van der Waals surface area contributed by atoms with Gasteiger partial charge >= 0.3 is 12.0 Å². The second-order valence-electron chi connectivity index (χ2n) is 8.53. The average molecular weight is 433 g/mol. The van der Waals surface area contributed by atoms with Crippen molar-refractivity contribution in [2.45, 2.75) is 31.8 Å². The number of benzene rings is 2. The van der Waals surface area contributed by atoms with Gasteiger partial charge in [-0.1, -0.05) is 30.3 Å². The maximum absolute atomic E-state index is 13.2. The van der Waals surface area contributed by atoms with E-state index < -0.39 is 17.9 Å². The molecule has 0 unspecified atom stereocenters. The van der Waals surface area contributed by atoms with E-state index in [-0.39, 0.29) is 17.8 Å². The molecule has 1 N–H and O–H groups in total. The van der Waals surface area contributed by atoms with Crippen LogP contribution in [0.1, 0.15) is 34.3 Å². The molecule has 32 heavy (non-hydrogen) atoms. The molecule has 1 atom stereocenters. The van der Waals surface area contributed by atoms with E-state index in [1.165, 1.54) is 4.90 Å². The monoisotopic (exact) mass is 433 g/mol. The molecule has 0 aromatic heterocycles. The predicted molar refractivity (Wildman–Crippen MR) is 115 cm³/mol. The minimum Gasteiger partial charge on any atom is -0.481 e. The van der Waals surface area contributed by atoms with Crippen LogP contribution in [0.25, 0.3) is 0 Å². The van der Waals surface area contributed by atoms with E-state index in [0.29, 0.717) is 50.1 Å². The summed E-state index contributed by atoms with van der Waals surface area (Å²) >= 11 is 0. The van der Waals surface area contributed by atoms with Crippen molar-refractivity contribution in [3.05, 3.63) is 65.2 Å². The number of likely N-dealkylation sites (tertiary alicyclic amines) is 1. The molecule has 8 heteroatoms. The van der Waals surface area contributed by atoms with E-state index in [0.717, 1.165) is 11.1 Å². The number of amides is 4. The van der Waals surface area contributed by atoms with Gasteiger partial charge in [-0.25, -0.2) is 9.69 Å². The summed E-state index contributed by atoms with van der Waals surface area (Å²) in [6, 6.07) is 13.5. The molecule has 4 amide bonds. The summed E-state index contributed by atoms with van der Waals surface area (Å²) in [7, 11) is 0. The second kappa shape index (κ2) is 7.78. The van der Waals surface area contributed by atoms with Crippen LogP contribution in [0.3, 0.4) is 0 Å². The highest BCUT2D eigenvalue weighted by Gasteiger charge is 2.47. The first kappa shape index (κ1) is 20.2. The highest BCUT2D eigenvalue weighted by atomic mass is 16.4. The van der Waals surface area contributed by atoms with Crippen LogP contribution in [0.2, 0.25) is 0 Å². The van der Waals surface area contributed by atoms with Gasteiger partial charge in [-0.3, -0.25) is 14.4 Å². The Kier molecular flexibility index (Phi) is 4.92. The fourth-order valence-corrected chi connectivity index (χ4v) is 4.84. The number of carboxylic acids is 1. The molecule has 0 radical (unpaired) electrons. The number of hydrogen-bond acceptors (Lipinski definition) is 4. The summed E-state index contributed by atoms with van der Waals surface area (Å²) in [5.74, 6) is -1.76. The van der Waals surface area contributed by atoms with Crippen LogP contribution >= 0.6 is 0 Å². The fourth-order valence-electron chi connectivity index (χ4n) is 4.84. The normalized spacial score (nSPS) is 20.9. The third-order valence-corrected chi connectivity index (χ3v) is 6.67. The number of anilines is 1. The lowest BCUT2D eigenvalue weighted by Crippen LogP contribution is -2.40. The van der Waals surface area contributed by atoms with E-state index in [1.807, 2.05) is 24.3 Å². The number of fused-ring (bicyclic) bond motifs is 2. The SMILES string of the molecule is O=C(O)C1CCN(C(=O)c2cccc(N3C(=O)[C@@H]4Cc5ccccc5CN4C3=O)c2)CC1. The Morgan fingerprint density at radius 2 is 1.66 bits per heavy atom. The number of carbonyl (C=O) groups is 4. The number of carboxylic acid groups (broad SMARTS) is 1. The van der Waals surface area contributed by atoms with Crippen molar-refractivity contribution in [1.82, 2.24) is 9.80 Å². The van der Waals surface area contributed by atoms with Gasteiger partial charge in [-0.2, -0.15) is 0 Å². The summed E-state index contributed by atoms with van der Waals surface area (Å²) in [6.07, 6.45) is 1.32. The summed E-state index contributed by atoms with van der Waals surface area (Å²) in [4.78, 5) is 54.8. The molecule has 3 aliphatic heterocycles. The van der Waals surface area contributed by atoms with Crippen molar-refractivity contribution in [3.8, 4) is 0 Å². The molecular weight excluding hydrogens is 410 g/mol. The van der Waals surface area contributed by atoms with Crippen LogP contribution in [0.15, 0.2) is 48.5 Å². The first-order valence-corrected chi connectivity index (χ1v) is 10.8. The van der Waals surface area contributed by atoms with Crippen LogP contribution in [0, 0.1) is 5.92 Å². The lowest BCUT2D eigenvalue weighted by molar-refractivity contribution is -0.143. The molecule has 3 aliphatic rings. The average Bonchev–Trinajstić information content (AvgIpc) is 3.06. The highest BCUT2D eigenvalue weighted by Crippen LogP contribution is 2.33. The van der Waals surface area contributed by atoms with Gasteiger partial charge in [0.15, 0.2) is 0 Å². The van der Waals surface area contributed by atoms with Crippen LogP contribution in [-0.2, 0) is 22.6 Å². The van der Waals surface area contributed by atoms with Crippen molar-refractivity contribution in [1.29, 1.82) is 0 Å². The molecule has 2 aromatic rings. The number of aliphatic carboxylic acids is 1. The standard InChI is InChI=1S/C24H23N3O5/c28-21(25-10-8-15(9-11-25)23(30)31)17-6-3-7-19(12-17)27-22(29)20-13-16-4-1-2-5-18(16)14-26(20)24(27)32/h1-7,12,15,20H,8-11,13-14H2,(H,30,31)/t20-/m0/s1. The van der Waals surface area contributed by atoms with Gasteiger partial charge in [-0.15, -0.1) is 0 Å². The van der Waals surface area contributed by atoms with Crippen molar-refractivity contribution < 1.29 is 24.3 Å². The molecule has 2 saturated heterocycles. The molecular formula is C24H23N3O5. The smallest absolute Gasteiger partial charge is 0.332 e. The number of urea groups is 1. The van der Waals surface area contributed by atoms with Crippen LogP contribution < -0.4 is 4.90 Å². The van der Waals surface area contributed by atoms with E-state index in [4.69, 9.17) is 5.11 Å². The highest BCUT2D eigenvalue weighted by molar-refractivity contribution is 6.21. The van der Waals surface area contributed by atoms with Gasteiger partial charge in [0.05, 0.1) is 11.6 Å². The quantitative estimate of drug-likeness (QED) is 0.750. The van der Waals surface area contributed by atoms with Crippen molar-refractivity contribution in [2.24, 2.45) is 5.92 Å². The molecule has 5 rings (SSSR count). The predicted octanol–water partition coefficient (Wildman–Crippen LogP) is 2.52. The van der Waals surface area contributed by atoms with Crippen LogP contribution in [0.5, 0.6) is 0 Å². The zero-order chi connectivity index (χ0) is 22.4. The largest absolute Gasteiger partial charge is 0.481 e. The zero-order valence-corrected chi connectivity index (χ0v) is 17.4. The van der Waals surface area contributed by atoms with Crippen molar-refractivity contribution in [3.63, 3.8) is 0 Å². The number of hydrogen-bond donors (Lipinski definition) is 1. The molecule has 0 spiro atoms. The van der Waals surface area contributed by atoms with E-state index >= 15 is 0 Å². The van der Waals surface area contributed by atoms with Gasteiger partial charge in [0.25, 0.3) is 11.8 Å². The molecule has 0 saturated carbocycles. The molecule has 2 aromatic carbocycles. The van der Waals surface area contributed by atoms with E-state index in [1.54, 1.807) is 34.1 Å². The topological polar surface area (TPSA) is 98.2 Å². The van der Waals surface area contributed by atoms with Crippen molar-refractivity contribution >= 4 is 29.5 Å². The lowest BCUT2D eigenvalue weighted by Gasteiger charge is -2.30. The molecule has 0 bridgehead atoms. The van der Waals surface area contributed by atoms with Crippen LogP contribution in [0.4, 0.5) is 10.5 Å². The maximum atomic E-state index is 13.2. The lowest BCUT2D eigenvalue weighted by atomic mass is 9.95. The van der Waals surface area contributed by atoms with Gasteiger partial charge < -0.3 is 14.9 Å². The number of piperidine rings is 1. The minimum absolute atomic E-state index is 0.222. The van der Waals surface area contributed by atoms with Crippen molar-refractivity contribution in [2.75, 3.05) is 18.0 Å². The Balaban J connectivity index is 1.36. The first-order valence-electron chi connectivity index (χ1n) is 10.8. The molecule has 3 heterocycles. The van der Waals surface area contributed by atoms with Gasteiger partial charge in [0.2, 0.25) is 0 Å². The Morgan fingerprint density at radius 1 is 0.938 bits per heavy atom. The van der Waals surface area contributed by atoms with Gasteiger partial charge in [0.1, 0.15) is 6.04 Å². The molecule has 2 fully saturated rings. The Bertz CT molecular complexity index is 1080. The number of rotatable bonds is 3. The minimum atomic E-state index is -0.830. The third-order valence-electron chi connectivity index (χ3n) is 6.67. The molecule has 8 nitrogen and oxygen atoms in total. The number of imide groups is 1. The molecule has 164 valence electrons. The van der Waals surface area contributed by atoms with Crippen LogP contribution in [-0.4, -0.2) is 57.9 Å². The number of nitrogens with zero attached hydrogens (tertiary/aromatic N) is 3. The maximum Gasteiger partial charge on any atom is 0.332 e. The Hall–Kier alpha value is -3.68. The first-order chi connectivity index (χ1) is 15.4. The van der Waals surface area contributed by atoms with E-state index in [2.05, 4.69) is 0 Å². The summed E-state index contributed by atoms with van der Waals surface area (Å²) < 4.78 is 0.